The molecular weight excluding hydrogens is 342 g/mol. The zero-order valence-electron chi connectivity index (χ0n) is 14.5. The Morgan fingerprint density at radius 1 is 1.04 bits per heavy atom. The Morgan fingerprint density at radius 2 is 1.81 bits per heavy atom. The van der Waals surface area contributed by atoms with Crippen molar-refractivity contribution in [2.75, 3.05) is 0 Å². The molecule has 1 spiro atoms. The van der Waals surface area contributed by atoms with Gasteiger partial charge in [0.15, 0.2) is 11.4 Å². The Labute approximate surface area is 155 Å². The monoisotopic (exact) mass is 359 g/mol. The molecule has 0 unspecified atom stereocenters. The van der Waals surface area contributed by atoms with Crippen LogP contribution in [0.15, 0.2) is 66.4 Å². The van der Waals surface area contributed by atoms with Gasteiger partial charge in [0.1, 0.15) is 17.9 Å². The molecule has 1 aromatic heterocycles. The summed E-state index contributed by atoms with van der Waals surface area (Å²) < 4.78 is 11.1. The Balaban J connectivity index is 1.32. The molecule has 27 heavy (non-hydrogen) atoms. The molecule has 0 amide bonds. The fraction of sp³-hybridized carbons (Fsp3) is 0.182. The molecule has 5 nitrogen and oxygen atoms in total. The third-order valence-corrected chi connectivity index (χ3v) is 5.05. The zero-order chi connectivity index (χ0) is 18.4. The van der Waals surface area contributed by atoms with E-state index < -0.39 is 11.6 Å². The van der Waals surface area contributed by atoms with Gasteiger partial charge in [-0.1, -0.05) is 36.4 Å². The van der Waals surface area contributed by atoms with Crippen LogP contribution in [0, 0.1) is 0 Å². The van der Waals surface area contributed by atoms with Crippen molar-refractivity contribution in [1.29, 1.82) is 0 Å². The molecule has 3 aromatic rings. The minimum absolute atomic E-state index is 0.0570. The molecular formula is C22H17NO4. The summed E-state index contributed by atoms with van der Waals surface area (Å²) in [4.78, 5) is 16.7. The van der Waals surface area contributed by atoms with Crippen LogP contribution < -0.4 is 4.74 Å². The van der Waals surface area contributed by atoms with Crippen molar-refractivity contribution in [1.82, 2.24) is 4.98 Å². The molecule has 2 aromatic carbocycles. The minimum Gasteiger partial charge on any atom is -0.507 e. The number of benzene rings is 2. The predicted molar refractivity (Wildman–Crippen MR) is 100 cm³/mol. The van der Waals surface area contributed by atoms with E-state index in [9.17, 15) is 9.90 Å². The first-order chi connectivity index (χ1) is 13.1. The lowest BCUT2D eigenvalue weighted by molar-refractivity contribution is -0.140. The second-order valence-corrected chi connectivity index (χ2v) is 6.92. The largest absolute Gasteiger partial charge is 0.507 e. The first kappa shape index (κ1) is 15.9. The number of pyridine rings is 1. The maximum absolute atomic E-state index is 12.1. The number of aromatic nitrogens is 1. The topological polar surface area (TPSA) is 68.7 Å². The van der Waals surface area contributed by atoms with Crippen LogP contribution in [-0.4, -0.2) is 21.7 Å². The molecule has 0 radical (unpaired) electrons. The van der Waals surface area contributed by atoms with Crippen LogP contribution in [0.5, 0.6) is 5.75 Å². The second-order valence-electron chi connectivity index (χ2n) is 6.92. The van der Waals surface area contributed by atoms with Gasteiger partial charge in [-0.3, -0.25) is 0 Å². The third kappa shape index (κ3) is 2.72. The van der Waals surface area contributed by atoms with Crippen molar-refractivity contribution < 1.29 is 19.4 Å². The van der Waals surface area contributed by atoms with Gasteiger partial charge < -0.3 is 14.6 Å². The number of nitrogens with zero attached hydrogens (tertiary/aromatic N) is 1. The molecule has 1 aliphatic carbocycles. The quantitative estimate of drug-likeness (QED) is 0.708. The number of esters is 1. The first-order valence-electron chi connectivity index (χ1n) is 8.90. The van der Waals surface area contributed by atoms with Gasteiger partial charge in [0.2, 0.25) is 0 Å². The molecule has 0 saturated heterocycles. The lowest BCUT2D eigenvalue weighted by Crippen LogP contribution is -2.11. The van der Waals surface area contributed by atoms with E-state index >= 15 is 0 Å². The van der Waals surface area contributed by atoms with Crippen LogP contribution >= 0.6 is 0 Å². The fourth-order valence-corrected chi connectivity index (χ4v) is 3.37. The highest BCUT2D eigenvalue weighted by Gasteiger charge is 2.57. The van der Waals surface area contributed by atoms with E-state index in [1.165, 1.54) is 0 Å². The summed E-state index contributed by atoms with van der Waals surface area (Å²) >= 11 is 0. The summed E-state index contributed by atoms with van der Waals surface area (Å²) in [5.41, 5.74) is 1.93. The maximum atomic E-state index is 12.1. The van der Waals surface area contributed by atoms with Gasteiger partial charge in [0.25, 0.3) is 0 Å². The van der Waals surface area contributed by atoms with Gasteiger partial charge in [0, 0.05) is 5.39 Å². The highest BCUT2D eigenvalue weighted by atomic mass is 16.6. The lowest BCUT2D eigenvalue weighted by atomic mass is 10.0. The van der Waals surface area contributed by atoms with E-state index in [-0.39, 0.29) is 11.3 Å². The van der Waals surface area contributed by atoms with E-state index in [0.717, 1.165) is 16.6 Å². The smallest absolute Gasteiger partial charge is 0.343 e. The van der Waals surface area contributed by atoms with Crippen LogP contribution in [-0.2, 0) is 16.1 Å². The van der Waals surface area contributed by atoms with Gasteiger partial charge in [-0.15, -0.1) is 0 Å². The number of fused-ring (bicyclic) bond motifs is 1. The Kier molecular flexibility index (Phi) is 3.44. The van der Waals surface area contributed by atoms with Gasteiger partial charge in [-0.05, 0) is 42.7 Å². The van der Waals surface area contributed by atoms with Crippen LogP contribution in [0.1, 0.15) is 24.1 Å². The Hall–Kier alpha value is -3.34. The number of aliphatic hydroxyl groups excluding tert-OH is 1. The molecule has 1 N–H and O–H groups in total. The van der Waals surface area contributed by atoms with E-state index in [0.29, 0.717) is 30.8 Å². The zero-order valence-corrected chi connectivity index (χ0v) is 14.5. The predicted octanol–water partition coefficient (Wildman–Crippen LogP) is 4.17. The van der Waals surface area contributed by atoms with Crippen molar-refractivity contribution in [2.24, 2.45) is 0 Å². The van der Waals surface area contributed by atoms with Gasteiger partial charge >= 0.3 is 5.97 Å². The number of rotatable bonds is 4. The molecule has 2 heterocycles. The molecule has 2 aliphatic rings. The first-order valence-corrected chi connectivity index (χ1v) is 8.90. The normalized spacial score (nSPS) is 17.4. The Bertz CT molecular complexity index is 1080. The lowest BCUT2D eigenvalue weighted by Gasteiger charge is -2.08. The van der Waals surface area contributed by atoms with Crippen molar-refractivity contribution >= 4 is 22.4 Å². The van der Waals surface area contributed by atoms with Gasteiger partial charge in [-0.25, -0.2) is 9.78 Å². The number of para-hydroxylation sites is 1. The second kappa shape index (κ2) is 5.84. The van der Waals surface area contributed by atoms with Crippen molar-refractivity contribution in [3.05, 3.63) is 77.7 Å². The van der Waals surface area contributed by atoms with Crippen LogP contribution in [0.4, 0.5) is 0 Å². The molecule has 5 rings (SSSR count). The molecule has 0 bridgehead atoms. The summed E-state index contributed by atoms with van der Waals surface area (Å²) in [5, 5.41) is 11.4. The summed E-state index contributed by atoms with van der Waals surface area (Å²) in [5.74, 6) is 0.266. The summed E-state index contributed by atoms with van der Waals surface area (Å²) in [6.45, 7) is 0.350. The summed E-state index contributed by atoms with van der Waals surface area (Å²) in [6, 6.07) is 19.0. The highest BCUT2D eigenvalue weighted by molar-refractivity contribution is 6.19. The molecule has 134 valence electrons. The van der Waals surface area contributed by atoms with Gasteiger partial charge in [-0.2, -0.15) is 0 Å². The standard InChI is InChI=1S/C22H17NO4/c24-20-19(21(25)27-22(20)11-12-22)15-6-9-17(10-7-15)26-13-16-8-5-14-3-1-2-4-18(14)23-16/h1-10,24H,11-13H2. The molecule has 1 fully saturated rings. The number of aliphatic hydroxyl groups is 1. The number of ether oxygens (including phenoxy) is 2. The van der Waals surface area contributed by atoms with Crippen LogP contribution in [0.2, 0.25) is 0 Å². The molecule has 5 heteroatoms. The average Bonchev–Trinajstić information content (AvgIpc) is 3.43. The minimum atomic E-state index is -0.747. The SMILES string of the molecule is O=C1OC2(CC2)C(O)=C1c1ccc(OCc2ccc3ccccc3n2)cc1. The summed E-state index contributed by atoms with van der Waals surface area (Å²) in [7, 11) is 0. The van der Waals surface area contributed by atoms with E-state index in [4.69, 9.17) is 9.47 Å². The number of hydrogen-bond donors (Lipinski definition) is 1. The van der Waals surface area contributed by atoms with E-state index in [1.807, 2.05) is 36.4 Å². The molecule has 1 aliphatic heterocycles. The number of carbonyl (C=O) groups is 1. The highest BCUT2D eigenvalue weighted by Crippen LogP contribution is 2.52. The molecule has 1 saturated carbocycles. The number of hydrogen-bond acceptors (Lipinski definition) is 5. The van der Waals surface area contributed by atoms with Crippen LogP contribution in [0.3, 0.4) is 0 Å². The van der Waals surface area contributed by atoms with Crippen molar-refractivity contribution in [3.63, 3.8) is 0 Å². The maximum Gasteiger partial charge on any atom is 0.343 e. The summed E-state index contributed by atoms with van der Waals surface area (Å²) in [6.07, 6.45) is 1.38. The third-order valence-electron chi connectivity index (χ3n) is 5.05. The average molecular weight is 359 g/mol. The fourth-order valence-electron chi connectivity index (χ4n) is 3.37. The Morgan fingerprint density at radius 3 is 2.56 bits per heavy atom. The van der Waals surface area contributed by atoms with Crippen molar-refractivity contribution in [2.45, 2.75) is 25.0 Å². The van der Waals surface area contributed by atoms with E-state index in [2.05, 4.69) is 4.98 Å². The number of carbonyl (C=O) groups excluding carboxylic acids is 1. The van der Waals surface area contributed by atoms with Gasteiger partial charge in [0.05, 0.1) is 11.2 Å². The van der Waals surface area contributed by atoms with Crippen LogP contribution in [0.25, 0.3) is 16.5 Å². The molecule has 0 atom stereocenters. The van der Waals surface area contributed by atoms with Crippen molar-refractivity contribution in [3.8, 4) is 5.75 Å². The van der Waals surface area contributed by atoms with E-state index in [1.54, 1.807) is 24.3 Å².